The quantitative estimate of drug-likeness (QED) is 0.722. The zero-order chi connectivity index (χ0) is 14.3. The van der Waals surface area contributed by atoms with E-state index >= 15 is 0 Å². The van der Waals surface area contributed by atoms with E-state index in [1.165, 1.54) is 7.11 Å². The Hall–Kier alpha value is -1.26. The molecule has 0 bridgehead atoms. The fraction of sp³-hybridized carbons (Fsp3) is 0.500. The highest BCUT2D eigenvalue weighted by molar-refractivity contribution is 6.32. The zero-order valence-electron chi connectivity index (χ0n) is 11.6. The third-order valence-electron chi connectivity index (χ3n) is 2.76. The Morgan fingerprint density at radius 2 is 2.11 bits per heavy atom. The van der Waals surface area contributed by atoms with Crippen molar-refractivity contribution < 1.29 is 14.3 Å². The topological polar surface area (TPSA) is 38.8 Å². The number of ether oxygens (including phenoxy) is 2. The van der Waals surface area contributed by atoms with Crippen LogP contribution in [0.3, 0.4) is 0 Å². The maximum Gasteiger partial charge on any atom is 0.309 e. The highest BCUT2D eigenvalue weighted by atomic mass is 35.5. The molecule has 0 aromatic heterocycles. The van der Waals surface area contributed by atoms with E-state index in [1.807, 2.05) is 37.1 Å². The van der Waals surface area contributed by atoms with Gasteiger partial charge in [-0.25, -0.2) is 0 Å². The first-order valence-electron chi connectivity index (χ1n) is 6.18. The lowest BCUT2D eigenvalue weighted by molar-refractivity contribution is -0.145. The molecular formula is C14H20ClNO3. The highest BCUT2D eigenvalue weighted by Gasteiger charge is 2.15. The van der Waals surface area contributed by atoms with Crippen LogP contribution in [0, 0.1) is 5.92 Å². The van der Waals surface area contributed by atoms with Gasteiger partial charge < -0.3 is 14.4 Å². The van der Waals surface area contributed by atoms with Crippen molar-refractivity contribution in [3.05, 3.63) is 29.3 Å². The lowest BCUT2D eigenvalue weighted by Gasteiger charge is -2.20. The number of esters is 1. The van der Waals surface area contributed by atoms with Gasteiger partial charge in [0.15, 0.2) is 0 Å². The summed E-state index contributed by atoms with van der Waals surface area (Å²) in [7, 11) is 3.34. The molecule has 0 radical (unpaired) electrons. The zero-order valence-corrected chi connectivity index (χ0v) is 12.3. The van der Waals surface area contributed by atoms with Crippen molar-refractivity contribution in [1.82, 2.24) is 4.90 Å². The van der Waals surface area contributed by atoms with Crippen LogP contribution in [0.15, 0.2) is 24.3 Å². The van der Waals surface area contributed by atoms with Crippen LogP contribution in [0.25, 0.3) is 0 Å². The number of carbonyl (C=O) groups is 1. The Bertz CT molecular complexity index is 411. The summed E-state index contributed by atoms with van der Waals surface area (Å²) in [6.07, 6.45) is 0. The lowest BCUT2D eigenvalue weighted by atomic mass is 10.2. The fourth-order valence-corrected chi connectivity index (χ4v) is 1.90. The van der Waals surface area contributed by atoms with E-state index in [9.17, 15) is 4.79 Å². The molecule has 0 spiro atoms. The lowest BCUT2D eigenvalue weighted by Crippen LogP contribution is -2.32. The summed E-state index contributed by atoms with van der Waals surface area (Å²) >= 11 is 5.98. The average Bonchev–Trinajstić information content (AvgIpc) is 2.40. The van der Waals surface area contributed by atoms with Crippen molar-refractivity contribution in [3.63, 3.8) is 0 Å². The minimum absolute atomic E-state index is 0.143. The smallest absolute Gasteiger partial charge is 0.309 e. The number of carbonyl (C=O) groups excluding carboxylic acids is 1. The number of hydrogen-bond acceptors (Lipinski definition) is 4. The van der Waals surface area contributed by atoms with Gasteiger partial charge in [-0.05, 0) is 19.2 Å². The second kappa shape index (κ2) is 8.02. The largest absolute Gasteiger partial charge is 0.491 e. The molecule has 0 aliphatic rings. The van der Waals surface area contributed by atoms with Crippen LogP contribution in [-0.4, -0.2) is 44.7 Å². The molecular weight excluding hydrogens is 266 g/mol. The van der Waals surface area contributed by atoms with Gasteiger partial charge in [-0.2, -0.15) is 0 Å². The molecule has 106 valence electrons. The predicted octanol–water partition coefficient (Wildman–Crippen LogP) is 2.46. The normalized spacial score (nSPS) is 12.3. The van der Waals surface area contributed by atoms with Crippen LogP contribution < -0.4 is 4.74 Å². The summed E-state index contributed by atoms with van der Waals surface area (Å²) < 4.78 is 10.3. The third-order valence-corrected chi connectivity index (χ3v) is 3.07. The van der Waals surface area contributed by atoms with Crippen LogP contribution in [-0.2, 0) is 9.53 Å². The molecule has 0 aliphatic heterocycles. The molecule has 0 aliphatic carbocycles. The number of benzene rings is 1. The maximum atomic E-state index is 11.3. The molecule has 1 aromatic carbocycles. The van der Waals surface area contributed by atoms with E-state index in [0.717, 1.165) is 0 Å². The minimum atomic E-state index is -0.195. The van der Waals surface area contributed by atoms with Gasteiger partial charge in [-0.1, -0.05) is 30.7 Å². The van der Waals surface area contributed by atoms with Crippen molar-refractivity contribution in [2.45, 2.75) is 6.92 Å². The molecule has 0 saturated heterocycles. The second-order valence-corrected chi connectivity index (χ2v) is 4.87. The van der Waals surface area contributed by atoms with Gasteiger partial charge in [0.2, 0.25) is 0 Å². The average molecular weight is 286 g/mol. The predicted molar refractivity (Wildman–Crippen MR) is 75.6 cm³/mol. The molecule has 1 unspecified atom stereocenters. The van der Waals surface area contributed by atoms with Gasteiger partial charge in [0.25, 0.3) is 0 Å². The number of hydrogen-bond donors (Lipinski definition) is 0. The number of halogens is 1. The number of rotatable bonds is 7. The van der Waals surface area contributed by atoms with Gasteiger partial charge in [0, 0.05) is 13.1 Å². The Kier molecular flexibility index (Phi) is 6.67. The summed E-state index contributed by atoms with van der Waals surface area (Å²) in [4.78, 5) is 13.3. The van der Waals surface area contributed by atoms with E-state index in [0.29, 0.717) is 30.5 Å². The van der Waals surface area contributed by atoms with E-state index in [1.54, 1.807) is 6.07 Å². The van der Waals surface area contributed by atoms with E-state index in [2.05, 4.69) is 4.74 Å². The Morgan fingerprint density at radius 1 is 1.42 bits per heavy atom. The molecule has 0 amide bonds. The summed E-state index contributed by atoms with van der Waals surface area (Å²) in [5.74, 6) is 0.341. The first-order chi connectivity index (χ1) is 9.04. The van der Waals surface area contributed by atoms with Crippen molar-refractivity contribution in [2.75, 3.05) is 33.9 Å². The SMILES string of the molecule is COC(=O)C(C)CN(C)CCOc1ccccc1Cl. The molecule has 0 N–H and O–H groups in total. The van der Waals surface area contributed by atoms with Crippen molar-refractivity contribution in [3.8, 4) is 5.75 Å². The minimum Gasteiger partial charge on any atom is -0.491 e. The number of likely N-dealkylation sites (N-methyl/N-ethyl adjacent to an activating group) is 1. The molecule has 5 heteroatoms. The molecule has 19 heavy (non-hydrogen) atoms. The highest BCUT2D eigenvalue weighted by Crippen LogP contribution is 2.22. The summed E-state index contributed by atoms with van der Waals surface area (Å²) in [6.45, 7) is 3.72. The maximum absolute atomic E-state index is 11.3. The van der Waals surface area contributed by atoms with Crippen LogP contribution >= 0.6 is 11.6 Å². The first kappa shape index (κ1) is 15.8. The number of methoxy groups -OCH3 is 1. The van der Waals surface area contributed by atoms with E-state index in [-0.39, 0.29) is 11.9 Å². The van der Waals surface area contributed by atoms with Gasteiger partial charge in [-0.3, -0.25) is 4.79 Å². The van der Waals surface area contributed by atoms with Crippen LogP contribution in [0.1, 0.15) is 6.92 Å². The molecule has 1 atom stereocenters. The standard InChI is InChI=1S/C14H20ClNO3/c1-11(14(17)18-3)10-16(2)8-9-19-13-7-5-4-6-12(13)15/h4-7,11H,8-10H2,1-3H3. The number of para-hydroxylation sites is 1. The molecule has 0 saturated carbocycles. The molecule has 0 heterocycles. The fourth-order valence-electron chi connectivity index (χ4n) is 1.71. The molecule has 1 aromatic rings. The van der Waals surface area contributed by atoms with Gasteiger partial charge >= 0.3 is 5.97 Å². The van der Waals surface area contributed by atoms with Crippen molar-refractivity contribution in [1.29, 1.82) is 0 Å². The third kappa shape index (κ3) is 5.49. The van der Waals surface area contributed by atoms with Crippen molar-refractivity contribution in [2.24, 2.45) is 5.92 Å². The van der Waals surface area contributed by atoms with Crippen LogP contribution in [0.2, 0.25) is 5.02 Å². The van der Waals surface area contributed by atoms with E-state index in [4.69, 9.17) is 16.3 Å². The van der Waals surface area contributed by atoms with Gasteiger partial charge in [0.1, 0.15) is 12.4 Å². The van der Waals surface area contributed by atoms with Crippen molar-refractivity contribution >= 4 is 17.6 Å². The Labute approximate surface area is 119 Å². The van der Waals surface area contributed by atoms with Gasteiger partial charge in [-0.15, -0.1) is 0 Å². The van der Waals surface area contributed by atoms with Gasteiger partial charge in [0.05, 0.1) is 18.1 Å². The first-order valence-corrected chi connectivity index (χ1v) is 6.56. The Morgan fingerprint density at radius 3 is 2.74 bits per heavy atom. The Balaban J connectivity index is 2.29. The second-order valence-electron chi connectivity index (χ2n) is 4.47. The van der Waals surface area contributed by atoms with Crippen LogP contribution in [0.5, 0.6) is 5.75 Å². The van der Waals surface area contributed by atoms with Crippen LogP contribution in [0.4, 0.5) is 0 Å². The number of nitrogens with zero attached hydrogens (tertiary/aromatic N) is 1. The molecule has 4 nitrogen and oxygen atoms in total. The molecule has 1 rings (SSSR count). The summed E-state index contributed by atoms with van der Waals surface area (Å²) in [5, 5.41) is 0.605. The summed E-state index contributed by atoms with van der Waals surface area (Å²) in [6, 6.07) is 7.36. The monoisotopic (exact) mass is 285 g/mol. The molecule has 0 fully saturated rings. The van der Waals surface area contributed by atoms with E-state index < -0.39 is 0 Å². The summed E-state index contributed by atoms with van der Waals surface area (Å²) in [5.41, 5.74) is 0.